The zero-order chi connectivity index (χ0) is 16.9. The van der Waals surface area contributed by atoms with Crippen LogP contribution in [-0.2, 0) is 4.79 Å². The second-order valence-corrected chi connectivity index (χ2v) is 5.26. The van der Waals surface area contributed by atoms with E-state index < -0.39 is 5.91 Å². The van der Waals surface area contributed by atoms with E-state index in [-0.39, 0.29) is 6.04 Å². The molecule has 1 unspecified atom stereocenters. The standard InChI is InChI=1S/C16H17N5O3/c1-2-5-13(16-17-12-6-3-4-7-14(12)24-16)21-10-11(18-20-21)8-9-15(22)19-23/h3-4,6-10,13,23H,2,5H2,1H3,(H,19,22). The van der Waals surface area contributed by atoms with Crippen LogP contribution in [0.25, 0.3) is 17.2 Å². The molecule has 0 aliphatic rings. The van der Waals surface area contributed by atoms with E-state index in [0.29, 0.717) is 11.6 Å². The van der Waals surface area contributed by atoms with Crippen molar-refractivity contribution in [3.63, 3.8) is 0 Å². The van der Waals surface area contributed by atoms with Crippen molar-refractivity contribution in [2.75, 3.05) is 0 Å². The monoisotopic (exact) mass is 327 g/mol. The first-order chi connectivity index (χ1) is 11.7. The third kappa shape index (κ3) is 3.33. The fraction of sp³-hybridized carbons (Fsp3) is 0.250. The Morgan fingerprint density at radius 3 is 3.04 bits per heavy atom. The third-order valence-electron chi connectivity index (χ3n) is 3.52. The number of amides is 1. The van der Waals surface area contributed by atoms with Crippen molar-refractivity contribution in [1.82, 2.24) is 25.5 Å². The van der Waals surface area contributed by atoms with Crippen LogP contribution >= 0.6 is 0 Å². The average Bonchev–Trinajstić information content (AvgIpc) is 3.24. The Morgan fingerprint density at radius 2 is 2.29 bits per heavy atom. The smallest absolute Gasteiger partial charge is 0.267 e. The summed E-state index contributed by atoms with van der Waals surface area (Å²) in [4.78, 5) is 15.6. The largest absolute Gasteiger partial charge is 0.438 e. The van der Waals surface area contributed by atoms with Crippen LogP contribution in [0.4, 0.5) is 0 Å². The van der Waals surface area contributed by atoms with E-state index >= 15 is 0 Å². The lowest BCUT2D eigenvalue weighted by atomic mass is 10.1. The van der Waals surface area contributed by atoms with Crippen molar-refractivity contribution < 1.29 is 14.4 Å². The third-order valence-corrected chi connectivity index (χ3v) is 3.52. The summed E-state index contributed by atoms with van der Waals surface area (Å²) >= 11 is 0. The van der Waals surface area contributed by atoms with Gasteiger partial charge in [0.1, 0.15) is 17.3 Å². The molecule has 2 N–H and O–H groups in total. The maximum Gasteiger partial charge on any atom is 0.267 e. The second-order valence-electron chi connectivity index (χ2n) is 5.26. The number of para-hydroxylation sites is 2. The van der Waals surface area contributed by atoms with Gasteiger partial charge in [-0.3, -0.25) is 10.0 Å². The molecule has 1 atom stereocenters. The number of nitrogens with zero attached hydrogens (tertiary/aromatic N) is 4. The molecule has 0 saturated heterocycles. The van der Waals surface area contributed by atoms with Gasteiger partial charge in [-0.25, -0.2) is 15.1 Å². The van der Waals surface area contributed by atoms with E-state index in [1.165, 1.54) is 17.6 Å². The lowest BCUT2D eigenvalue weighted by Gasteiger charge is -2.11. The fourth-order valence-electron chi connectivity index (χ4n) is 2.39. The first-order valence-corrected chi connectivity index (χ1v) is 7.60. The van der Waals surface area contributed by atoms with Gasteiger partial charge in [0.25, 0.3) is 5.91 Å². The van der Waals surface area contributed by atoms with E-state index in [0.717, 1.165) is 23.9 Å². The first-order valence-electron chi connectivity index (χ1n) is 7.60. The number of carbonyl (C=O) groups excluding carboxylic acids is 1. The van der Waals surface area contributed by atoms with Gasteiger partial charge in [0.05, 0.1) is 6.20 Å². The minimum atomic E-state index is -0.631. The Bertz CT molecular complexity index is 834. The SMILES string of the molecule is CCCC(c1nc2ccccc2o1)n1cc(C=CC(=O)NO)nn1. The van der Waals surface area contributed by atoms with Crippen molar-refractivity contribution in [2.24, 2.45) is 0 Å². The summed E-state index contributed by atoms with van der Waals surface area (Å²) in [5, 5.41) is 16.6. The minimum absolute atomic E-state index is 0.177. The number of carbonyl (C=O) groups is 1. The van der Waals surface area contributed by atoms with Gasteiger partial charge in [0.15, 0.2) is 5.58 Å². The lowest BCUT2D eigenvalue weighted by Crippen LogP contribution is -2.14. The summed E-state index contributed by atoms with van der Waals surface area (Å²) in [6.07, 6.45) is 6.04. The van der Waals surface area contributed by atoms with E-state index in [4.69, 9.17) is 9.62 Å². The van der Waals surface area contributed by atoms with Crippen molar-refractivity contribution in [3.8, 4) is 0 Å². The normalized spacial score (nSPS) is 12.8. The molecule has 0 aliphatic heterocycles. The molecule has 1 amide bonds. The van der Waals surface area contributed by atoms with Gasteiger partial charge >= 0.3 is 0 Å². The fourth-order valence-corrected chi connectivity index (χ4v) is 2.39. The number of hydrogen-bond acceptors (Lipinski definition) is 6. The van der Waals surface area contributed by atoms with Crippen molar-refractivity contribution in [2.45, 2.75) is 25.8 Å². The van der Waals surface area contributed by atoms with Gasteiger partial charge in [-0.15, -0.1) is 5.10 Å². The number of nitrogens with one attached hydrogen (secondary N) is 1. The number of rotatable bonds is 6. The van der Waals surface area contributed by atoms with Crippen LogP contribution < -0.4 is 5.48 Å². The number of oxazole rings is 1. The van der Waals surface area contributed by atoms with Gasteiger partial charge < -0.3 is 4.42 Å². The molecule has 0 radical (unpaired) electrons. The summed E-state index contributed by atoms with van der Waals surface area (Å²) in [6, 6.07) is 7.40. The molecular formula is C16H17N5O3. The van der Waals surface area contributed by atoms with Crippen LogP contribution in [0.15, 0.2) is 41.0 Å². The molecule has 0 aliphatic carbocycles. The highest BCUT2D eigenvalue weighted by atomic mass is 16.5. The van der Waals surface area contributed by atoms with Gasteiger partial charge in [-0.05, 0) is 24.6 Å². The zero-order valence-electron chi connectivity index (χ0n) is 13.1. The average molecular weight is 327 g/mol. The summed E-state index contributed by atoms with van der Waals surface area (Å²) in [7, 11) is 0. The molecule has 0 saturated carbocycles. The van der Waals surface area contributed by atoms with Crippen LogP contribution in [0.5, 0.6) is 0 Å². The topological polar surface area (TPSA) is 106 Å². The second kappa shape index (κ2) is 7.05. The van der Waals surface area contributed by atoms with E-state index in [9.17, 15) is 4.79 Å². The van der Waals surface area contributed by atoms with Crippen LogP contribution in [-0.4, -0.2) is 31.1 Å². The number of hydrogen-bond donors (Lipinski definition) is 2. The summed E-state index contributed by atoms with van der Waals surface area (Å²) in [5.74, 6) is -0.0554. The Hall–Kier alpha value is -3.00. The predicted octanol–water partition coefficient (Wildman–Crippen LogP) is 2.33. The molecule has 3 aromatic rings. The molecule has 3 rings (SSSR count). The Labute approximate surface area is 137 Å². The Balaban J connectivity index is 1.89. The zero-order valence-corrected chi connectivity index (χ0v) is 13.1. The summed E-state index contributed by atoms with van der Waals surface area (Å²) in [6.45, 7) is 2.07. The maximum atomic E-state index is 11.0. The molecule has 2 aromatic heterocycles. The highest BCUT2D eigenvalue weighted by Crippen LogP contribution is 2.26. The highest BCUT2D eigenvalue weighted by Gasteiger charge is 2.20. The van der Waals surface area contributed by atoms with Gasteiger partial charge in [-0.1, -0.05) is 30.7 Å². The number of hydroxylamine groups is 1. The van der Waals surface area contributed by atoms with E-state index in [1.807, 2.05) is 24.3 Å². The van der Waals surface area contributed by atoms with Crippen LogP contribution in [0.1, 0.15) is 37.4 Å². The van der Waals surface area contributed by atoms with Gasteiger partial charge in [-0.2, -0.15) is 0 Å². The van der Waals surface area contributed by atoms with Crippen molar-refractivity contribution >= 4 is 23.1 Å². The molecule has 124 valence electrons. The number of aromatic nitrogens is 4. The van der Waals surface area contributed by atoms with Crippen LogP contribution in [0.2, 0.25) is 0 Å². The Morgan fingerprint density at radius 1 is 1.46 bits per heavy atom. The predicted molar refractivity (Wildman–Crippen MR) is 86.0 cm³/mol. The molecule has 2 heterocycles. The van der Waals surface area contributed by atoms with Gasteiger partial charge in [0, 0.05) is 6.08 Å². The highest BCUT2D eigenvalue weighted by molar-refractivity contribution is 5.90. The van der Waals surface area contributed by atoms with Crippen LogP contribution in [0, 0.1) is 0 Å². The minimum Gasteiger partial charge on any atom is -0.438 e. The van der Waals surface area contributed by atoms with Crippen molar-refractivity contribution in [1.29, 1.82) is 0 Å². The molecule has 1 aromatic carbocycles. The van der Waals surface area contributed by atoms with E-state index in [1.54, 1.807) is 10.9 Å². The quantitative estimate of drug-likeness (QED) is 0.409. The van der Waals surface area contributed by atoms with Crippen LogP contribution in [0.3, 0.4) is 0 Å². The van der Waals surface area contributed by atoms with Gasteiger partial charge in [0.2, 0.25) is 5.89 Å². The summed E-state index contributed by atoms with van der Waals surface area (Å²) < 4.78 is 7.52. The number of benzene rings is 1. The molecule has 0 fully saturated rings. The van der Waals surface area contributed by atoms with E-state index in [2.05, 4.69) is 22.2 Å². The Kier molecular flexibility index (Phi) is 4.66. The summed E-state index contributed by atoms with van der Waals surface area (Å²) in [5.41, 5.74) is 3.55. The molecule has 8 heteroatoms. The molecule has 0 bridgehead atoms. The molecular weight excluding hydrogens is 310 g/mol. The first kappa shape index (κ1) is 15.9. The van der Waals surface area contributed by atoms with Crippen molar-refractivity contribution in [3.05, 3.63) is 48.1 Å². The lowest BCUT2D eigenvalue weighted by molar-refractivity contribution is -0.124. The number of fused-ring (bicyclic) bond motifs is 1. The molecule has 24 heavy (non-hydrogen) atoms. The maximum absolute atomic E-state index is 11.0. The molecule has 0 spiro atoms. The molecule has 8 nitrogen and oxygen atoms in total.